The average Bonchev–Trinajstić information content (AvgIpc) is 2.97. The second-order valence-corrected chi connectivity index (χ2v) is 5.96. The summed E-state index contributed by atoms with van der Waals surface area (Å²) in [6.45, 7) is 1.98. The van der Waals surface area contributed by atoms with E-state index >= 15 is 0 Å². The molecule has 3 rings (SSSR count). The van der Waals surface area contributed by atoms with E-state index in [9.17, 15) is 14.9 Å². The van der Waals surface area contributed by atoms with Crippen LogP contribution in [0.3, 0.4) is 0 Å². The Morgan fingerprint density at radius 3 is 2.85 bits per heavy atom. The summed E-state index contributed by atoms with van der Waals surface area (Å²) >= 11 is 0. The molecule has 4 nitrogen and oxygen atoms in total. The smallest absolute Gasteiger partial charge is 0.331 e. The SMILES string of the molecule is CCOC(=O)[C@@]1(C#N)C2=C(CCC2=O)C2CCCCC21. The number of nitrogens with zero attached hydrogens (tertiary/aromatic N) is 1. The van der Waals surface area contributed by atoms with Crippen molar-refractivity contribution in [3.63, 3.8) is 0 Å². The summed E-state index contributed by atoms with van der Waals surface area (Å²) in [5.41, 5.74) is 0.286. The molecule has 0 aromatic rings. The normalized spacial score (nSPS) is 35.5. The number of rotatable bonds is 2. The summed E-state index contributed by atoms with van der Waals surface area (Å²) in [6.07, 6.45) is 5.18. The van der Waals surface area contributed by atoms with Gasteiger partial charge in [0.05, 0.1) is 12.7 Å². The average molecular weight is 273 g/mol. The van der Waals surface area contributed by atoms with Gasteiger partial charge < -0.3 is 4.74 Å². The van der Waals surface area contributed by atoms with Crippen molar-refractivity contribution in [2.45, 2.75) is 45.4 Å². The molecule has 0 radical (unpaired) electrons. The van der Waals surface area contributed by atoms with Crippen LogP contribution >= 0.6 is 0 Å². The van der Waals surface area contributed by atoms with E-state index in [4.69, 9.17) is 4.74 Å². The van der Waals surface area contributed by atoms with Crippen LogP contribution in [0.4, 0.5) is 0 Å². The van der Waals surface area contributed by atoms with E-state index in [1.807, 2.05) is 0 Å². The van der Waals surface area contributed by atoms with E-state index in [0.29, 0.717) is 12.0 Å². The Morgan fingerprint density at radius 1 is 1.40 bits per heavy atom. The standard InChI is InChI=1S/C16H19NO3/c1-2-20-15(19)16(9-17)12-6-4-3-5-10(12)11-7-8-13(18)14(11)16/h10,12H,2-8H2,1H3/t10?,12?,16-/m1/s1. The molecule has 0 aromatic heterocycles. The maximum absolute atomic E-state index is 12.5. The van der Waals surface area contributed by atoms with Crippen molar-refractivity contribution < 1.29 is 14.3 Å². The van der Waals surface area contributed by atoms with E-state index in [1.165, 1.54) is 0 Å². The lowest BCUT2D eigenvalue weighted by Gasteiger charge is -2.35. The monoisotopic (exact) mass is 273 g/mol. The van der Waals surface area contributed by atoms with Gasteiger partial charge in [-0.2, -0.15) is 5.26 Å². The largest absolute Gasteiger partial charge is 0.465 e. The van der Waals surface area contributed by atoms with Crippen LogP contribution in [0.5, 0.6) is 0 Å². The number of carbonyl (C=O) groups is 2. The Balaban J connectivity index is 2.13. The Bertz CT molecular complexity index is 542. The molecule has 3 atom stereocenters. The Labute approximate surface area is 118 Å². The first-order chi connectivity index (χ1) is 9.66. The predicted molar refractivity (Wildman–Crippen MR) is 71.4 cm³/mol. The molecule has 20 heavy (non-hydrogen) atoms. The topological polar surface area (TPSA) is 67.2 Å². The van der Waals surface area contributed by atoms with E-state index in [-0.39, 0.29) is 24.2 Å². The fraction of sp³-hybridized carbons (Fsp3) is 0.688. The molecular formula is C16H19NO3. The molecular weight excluding hydrogens is 254 g/mol. The van der Waals surface area contributed by atoms with Gasteiger partial charge in [-0.05, 0) is 38.0 Å². The van der Waals surface area contributed by atoms with Gasteiger partial charge in [-0.15, -0.1) is 0 Å². The van der Waals surface area contributed by atoms with Gasteiger partial charge in [0.1, 0.15) is 0 Å². The molecule has 0 spiro atoms. The number of nitriles is 1. The van der Waals surface area contributed by atoms with Gasteiger partial charge in [-0.25, -0.2) is 4.79 Å². The lowest BCUT2D eigenvalue weighted by molar-refractivity contribution is -0.154. The number of carbonyl (C=O) groups excluding carboxylic acids is 2. The van der Waals surface area contributed by atoms with Crippen LogP contribution in [-0.4, -0.2) is 18.4 Å². The first-order valence-corrected chi connectivity index (χ1v) is 7.52. The number of hydrogen-bond donors (Lipinski definition) is 0. The highest BCUT2D eigenvalue weighted by Gasteiger charge is 2.63. The quantitative estimate of drug-likeness (QED) is 0.725. The number of allylic oxidation sites excluding steroid dienone is 1. The Kier molecular flexibility index (Phi) is 3.16. The van der Waals surface area contributed by atoms with Crippen LogP contribution in [0.25, 0.3) is 0 Å². The van der Waals surface area contributed by atoms with Crippen molar-refractivity contribution in [3.05, 3.63) is 11.1 Å². The minimum Gasteiger partial charge on any atom is -0.465 e. The molecule has 1 saturated carbocycles. The Hall–Kier alpha value is -1.63. The fourth-order valence-corrected chi connectivity index (χ4v) is 4.46. The number of hydrogen-bond acceptors (Lipinski definition) is 4. The summed E-state index contributed by atoms with van der Waals surface area (Å²) in [6, 6.07) is 2.21. The number of Topliss-reactive ketones (excluding diaryl/α,β-unsaturated/α-hetero) is 1. The molecule has 0 saturated heterocycles. The highest BCUT2D eigenvalue weighted by atomic mass is 16.5. The maximum Gasteiger partial charge on any atom is 0.331 e. The van der Waals surface area contributed by atoms with E-state index in [0.717, 1.165) is 37.7 Å². The van der Waals surface area contributed by atoms with Crippen LogP contribution in [0.1, 0.15) is 45.4 Å². The third kappa shape index (κ3) is 1.52. The molecule has 4 heteroatoms. The van der Waals surface area contributed by atoms with Gasteiger partial charge >= 0.3 is 5.97 Å². The van der Waals surface area contributed by atoms with E-state index < -0.39 is 11.4 Å². The molecule has 106 valence electrons. The minimum atomic E-state index is -1.32. The molecule has 3 aliphatic rings. The number of ketones is 1. The third-order valence-corrected chi connectivity index (χ3v) is 5.16. The van der Waals surface area contributed by atoms with E-state index in [2.05, 4.69) is 6.07 Å². The fourth-order valence-electron chi connectivity index (χ4n) is 4.46. The van der Waals surface area contributed by atoms with Gasteiger partial charge in [0.2, 0.25) is 0 Å². The zero-order chi connectivity index (χ0) is 14.3. The highest BCUT2D eigenvalue weighted by Crippen LogP contribution is 2.60. The summed E-state index contributed by atoms with van der Waals surface area (Å²) in [5, 5.41) is 9.78. The van der Waals surface area contributed by atoms with Crippen LogP contribution in [0, 0.1) is 28.6 Å². The van der Waals surface area contributed by atoms with E-state index in [1.54, 1.807) is 6.92 Å². The molecule has 0 bridgehead atoms. The molecule has 1 fully saturated rings. The molecule has 0 amide bonds. The first-order valence-electron chi connectivity index (χ1n) is 7.52. The molecule has 0 aromatic carbocycles. The van der Waals surface area contributed by atoms with Crippen LogP contribution in [0.2, 0.25) is 0 Å². The van der Waals surface area contributed by atoms with Crippen LogP contribution in [-0.2, 0) is 14.3 Å². The van der Waals surface area contributed by atoms with Gasteiger partial charge in [0.25, 0.3) is 0 Å². The van der Waals surface area contributed by atoms with Gasteiger partial charge in [0.15, 0.2) is 11.2 Å². The number of esters is 1. The lowest BCUT2D eigenvalue weighted by atomic mass is 9.65. The lowest BCUT2D eigenvalue weighted by Crippen LogP contribution is -2.42. The second-order valence-electron chi connectivity index (χ2n) is 5.96. The molecule has 3 aliphatic carbocycles. The van der Waals surface area contributed by atoms with Crippen molar-refractivity contribution in [2.24, 2.45) is 17.3 Å². The highest BCUT2D eigenvalue weighted by molar-refractivity contribution is 6.08. The summed E-state index contributed by atoms with van der Waals surface area (Å²) in [4.78, 5) is 24.8. The first kappa shape index (κ1) is 13.4. The van der Waals surface area contributed by atoms with Gasteiger partial charge in [-0.3, -0.25) is 4.79 Å². The molecule has 0 aliphatic heterocycles. The van der Waals surface area contributed by atoms with Crippen molar-refractivity contribution in [1.82, 2.24) is 0 Å². The zero-order valence-electron chi connectivity index (χ0n) is 11.8. The van der Waals surface area contributed by atoms with Gasteiger partial charge in [-0.1, -0.05) is 18.4 Å². The van der Waals surface area contributed by atoms with Crippen LogP contribution < -0.4 is 0 Å². The van der Waals surface area contributed by atoms with Crippen molar-refractivity contribution in [1.29, 1.82) is 5.26 Å². The third-order valence-electron chi connectivity index (χ3n) is 5.16. The summed E-state index contributed by atoms with van der Waals surface area (Å²) < 4.78 is 5.18. The molecule has 0 N–H and O–H groups in total. The van der Waals surface area contributed by atoms with Crippen molar-refractivity contribution in [2.75, 3.05) is 6.61 Å². The van der Waals surface area contributed by atoms with Crippen LogP contribution in [0.15, 0.2) is 11.1 Å². The number of fused-ring (bicyclic) bond motifs is 2. The summed E-state index contributed by atoms with van der Waals surface area (Å²) in [5.74, 6) is -0.313. The molecule has 2 unspecified atom stereocenters. The zero-order valence-corrected chi connectivity index (χ0v) is 11.8. The predicted octanol–water partition coefficient (Wildman–Crippen LogP) is 2.54. The Morgan fingerprint density at radius 2 is 2.15 bits per heavy atom. The van der Waals surface area contributed by atoms with Crippen molar-refractivity contribution in [3.8, 4) is 6.07 Å². The summed E-state index contributed by atoms with van der Waals surface area (Å²) in [7, 11) is 0. The van der Waals surface area contributed by atoms with Crippen molar-refractivity contribution >= 4 is 11.8 Å². The second kappa shape index (κ2) is 4.73. The molecule has 0 heterocycles. The van der Waals surface area contributed by atoms with Gasteiger partial charge in [0, 0.05) is 12.0 Å². The minimum absolute atomic E-state index is 0.0102. The maximum atomic E-state index is 12.5. The number of ether oxygens (including phenoxy) is 1.